The van der Waals surface area contributed by atoms with Crippen LogP contribution in [0.15, 0.2) is 36.0 Å². The van der Waals surface area contributed by atoms with Crippen molar-refractivity contribution < 1.29 is 4.79 Å². The number of likely N-dealkylation sites (N-methyl/N-ethyl adjacent to an activating group) is 1. The fraction of sp³-hybridized carbons (Fsp3) is 0.444. The summed E-state index contributed by atoms with van der Waals surface area (Å²) >= 11 is 0. The van der Waals surface area contributed by atoms with Gasteiger partial charge in [0.1, 0.15) is 11.6 Å². The first-order valence-corrected chi connectivity index (χ1v) is 7.82. The molecule has 1 aliphatic rings. The molecule has 116 valence electrons. The molecule has 4 heteroatoms. The molecule has 0 radical (unpaired) electrons. The van der Waals surface area contributed by atoms with Crippen molar-refractivity contribution in [3.63, 3.8) is 0 Å². The van der Waals surface area contributed by atoms with Gasteiger partial charge in [0.25, 0.3) is 5.91 Å². The molecule has 0 heterocycles. The van der Waals surface area contributed by atoms with Crippen molar-refractivity contribution in [3.05, 3.63) is 41.6 Å². The highest BCUT2D eigenvalue weighted by Gasteiger charge is 2.24. The van der Waals surface area contributed by atoms with Crippen LogP contribution < -0.4 is 5.32 Å². The van der Waals surface area contributed by atoms with E-state index in [2.05, 4.69) is 5.32 Å². The summed E-state index contributed by atoms with van der Waals surface area (Å²) in [5.41, 5.74) is 2.15. The van der Waals surface area contributed by atoms with Gasteiger partial charge in [-0.3, -0.25) is 4.79 Å². The highest BCUT2D eigenvalue weighted by atomic mass is 16.2. The first-order chi connectivity index (χ1) is 10.6. The van der Waals surface area contributed by atoms with Crippen LogP contribution in [0.4, 0.5) is 5.69 Å². The Balaban J connectivity index is 2.04. The number of benzene rings is 1. The quantitative estimate of drug-likeness (QED) is 0.682. The van der Waals surface area contributed by atoms with Gasteiger partial charge in [-0.1, -0.05) is 31.4 Å². The molecule has 1 fully saturated rings. The summed E-state index contributed by atoms with van der Waals surface area (Å²) < 4.78 is 0. The van der Waals surface area contributed by atoms with Crippen molar-refractivity contribution in [1.29, 1.82) is 5.26 Å². The van der Waals surface area contributed by atoms with Crippen LogP contribution in [0.1, 0.15) is 37.7 Å². The predicted octanol–water partition coefficient (Wildman–Crippen LogP) is 3.61. The SMILES string of the molecule is Cc1cccc(N/C=C(/C#N)C(=O)N(C)C2CCCCC2)c1. The third kappa shape index (κ3) is 4.11. The molecule has 0 unspecified atom stereocenters. The maximum absolute atomic E-state index is 12.5. The molecule has 0 spiro atoms. The fourth-order valence-electron chi connectivity index (χ4n) is 2.86. The van der Waals surface area contributed by atoms with Crippen molar-refractivity contribution in [2.24, 2.45) is 0 Å². The minimum Gasteiger partial charge on any atom is -0.360 e. The molecule has 1 saturated carbocycles. The Kier molecular flexibility index (Phi) is 5.60. The molecule has 0 aromatic heterocycles. The van der Waals surface area contributed by atoms with Gasteiger partial charge in [-0.25, -0.2) is 0 Å². The van der Waals surface area contributed by atoms with Crippen LogP contribution in [0, 0.1) is 18.3 Å². The number of nitrogens with one attached hydrogen (secondary N) is 1. The van der Waals surface area contributed by atoms with Crippen molar-refractivity contribution in [1.82, 2.24) is 4.90 Å². The van der Waals surface area contributed by atoms with E-state index in [-0.39, 0.29) is 17.5 Å². The molecule has 1 N–H and O–H groups in total. The van der Waals surface area contributed by atoms with Gasteiger partial charge in [0.2, 0.25) is 0 Å². The maximum Gasteiger partial charge on any atom is 0.266 e. The highest BCUT2D eigenvalue weighted by Crippen LogP contribution is 2.22. The van der Waals surface area contributed by atoms with E-state index in [0.29, 0.717) is 0 Å². The molecule has 0 bridgehead atoms. The van der Waals surface area contributed by atoms with Crippen LogP contribution >= 0.6 is 0 Å². The van der Waals surface area contributed by atoms with Gasteiger partial charge in [-0.15, -0.1) is 0 Å². The van der Waals surface area contributed by atoms with Crippen LogP contribution in [-0.4, -0.2) is 23.9 Å². The Bertz CT molecular complexity index is 595. The zero-order valence-electron chi connectivity index (χ0n) is 13.3. The molecule has 0 saturated heterocycles. The lowest BCUT2D eigenvalue weighted by Gasteiger charge is -2.31. The third-order valence-electron chi connectivity index (χ3n) is 4.19. The minimum absolute atomic E-state index is 0.148. The van der Waals surface area contributed by atoms with Crippen LogP contribution in [0.25, 0.3) is 0 Å². The summed E-state index contributed by atoms with van der Waals surface area (Å²) in [4.78, 5) is 14.2. The Morgan fingerprint density at radius 3 is 2.73 bits per heavy atom. The second-order valence-corrected chi connectivity index (χ2v) is 5.89. The van der Waals surface area contributed by atoms with E-state index in [1.165, 1.54) is 12.6 Å². The van der Waals surface area contributed by atoms with E-state index >= 15 is 0 Å². The van der Waals surface area contributed by atoms with Crippen molar-refractivity contribution in [2.45, 2.75) is 45.1 Å². The number of nitriles is 1. The van der Waals surface area contributed by atoms with Gasteiger partial charge < -0.3 is 10.2 Å². The highest BCUT2D eigenvalue weighted by molar-refractivity contribution is 5.97. The largest absolute Gasteiger partial charge is 0.360 e. The Labute approximate surface area is 132 Å². The first kappa shape index (κ1) is 16.1. The molecule has 1 aromatic carbocycles. The normalized spacial score (nSPS) is 16.0. The number of carbonyl (C=O) groups excluding carboxylic acids is 1. The maximum atomic E-state index is 12.5. The van der Waals surface area contributed by atoms with Gasteiger partial charge in [0, 0.05) is 25.0 Å². The van der Waals surface area contributed by atoms with Crippen molar-refractivity contribution in [3.8, 4) is 6.07 Å². The Hall–Kier alpha value is -2.28. The van der Waals surface area contributed by atoms with Gasteiger partial charge in [-0.2, -0.15) is 5.26 Å². The van der Waals surface area contributed by atoms with Crippen molar-refractivity contribution in [2.75, 3.05) is 12.4 Å². The minimum atomic E-state index is -0.199. The number of anilines is 1. The van der Waals surface area contributed by atoms with Gasteiger partial charge in [0.15, 0.2) is 0 Å². The lowest BCUT2D eigenvalue weighted by Crippen LogP contribution is -2.39. The number of amides is 1. The van der Waals surface area contributed by atoms with Crippen LogP contribution in [-0.2, 0) is 4.79 Å². The van der Waals surface area contributed by atoms with Crippen LogP contribution in [0.5, 0.6) is 0 Å². The number of hydrogen-bond donors (Lipinski definition) is 1. The molecule has 4 nitrogen and oxygen atoms in total. The molecule has 0 atom stereocenters. The molecule has 1 amide bonds. The number of hydrogen-bond acceptors (Lipinski definition) is 3. The monoisotopic (exact) mass is 297 g/mol. The number of rotatable bonds is 4. The van der Waals surface area contributed by atoms with E-state index in [1.807, 2.05) is 37.3 Å². The first-order valence-electron chi connectivity index (χ1n) is 7.82. The number of carbonyl (C=O) groups is 1. The lowest BCUT2D eigenvalue weighted by atomic mass is 9.94. The molecule has 0 aliphatic heterocycles. The smallest absolute Gasteiger partial charge is 0.266 e. The summed E-state index contributed by atoms with van der Waals surface area (Å²) in [6.07, 6.45) is 7.15. The third-order valence-corrected chi connectivity index (χ3v) is 4.19. The number of nitrogens with zero attached hydrogens (tertiary/aromatic N) is 2. The summed E-state index contributed by atoms with van der Waals surface area (Å²) in [6, 6.07) is 10.1. The second kappa shape index (κ2) is 7.65. The zero-order chi connectivity index (χ0) is 15.9. The predicted molar refractivity (Wildman–Crippen MR) is 88.1 cm³/mol. The van der Waals surface area contributed by atoms with Crippen LogP contribution in [0.2, 0.25) is 0 Å². The van der Waals surface area contributed by atoms with Gasteiger partial charge >= 0.3 is 0 Å². The molecule has 22 heavy (non-hydrogen) atoms. The summed E-state index contributed by atoms with van der Waals surface area (Å²) in [5.74, 6) is -0.199. The van der Waals surface area contributed by atoms with E-state index in [0.717, 1.165) is 36.9 Å². The number of aryl methyl sites for hydroxylation is 1. The van der Waals surface area contributed by atoms with Crippen molar-refractivity contribution >= 4 is 11.6 Å². The zero-order valence-corrected chi connectivity index (χ0v) is 13.3. The average Bonchev–Trinajstić information content (AvgIpc) is 2.55. The van der Waals surface area contributed by atoms with E-state index < -0.39 is 0 Å². The molecular weight excluding hydrogens is 274 g/mol. The Morgan fingerprint density at radius 2 is 2.09 bits per heavy atom. The van der Waals surface area contributed by atoms with Crippen LogP contribution in [0.3, 0.4) is 0 Å². The van der Waals surface area contributed by atoms with E-state index in [9.17, 15) is 10.1 Å². The molecular formula is C18H23N3O. The second-order valence-electron chi connectivity index (χ2n) is 5.89. The van der Waals surface area contributed by atoms with Gasteiger partial charge in [-0.05, 0) is 37.5 Å². The Morgan fingerprint density at radius 1 is 1.36 bits per heavy atom. The lowest BCUT2D eigenvalue weighted by molar-refractivity contribution is -0.128. The topological polar surface area (TPSA) is 56.1 Å². The standard InChI is InChI=1S/C18H23N3O/c1-14-7-6-8-16(11-14)20-13-15(12-19)18(22)21(2)17-9-4-3-5-10-17/h6-8,11,13,17,20H,3-5,9-10H2,1-2H3/b15-13-. The van der Waals surface area contributed by atoms with Gasteiger partial charge in [0.05, 0.1) is 0 Å². The van der Waals surface area contributed by atoms with E-state index in [1.54, 1.807) is 11.9 Å². The van der Waals surface area contributed by atoms with E-state index in [4.69, 9.17) is 0 Å². The summed E-state index contributed by atoms with van der Waals surface area (Å²) in [7, 11) is 1.80. The average molecular weight is 297 g/mol. The summed E-state index contributed by atoms with van der Waals surface area (Å²) in [6.45, 7) is 2.00. The summed E-state index contributed by atoms with van der Waals surface area (Å²) in [5, 5.41) is 12.3. The fourth-order valence-corrected chi connectivity index (χ4v) is 2.86. The molecule has 1 aliphatic carbocycles. The molecule has 1 aromatic rings. The molecule has 2 rings (SSSR count).